The van der Waals surface area contributed by atoms with Crippen LogP contribution in [0.3, 0.4) is 0 Å². The van der Waals surface area contributed by atoms with Crippen LogP contribution in [0.2, 0.25) is 5.02 Å². The van der Waals surface area contributed by atoms with Crippen LogP contribution in [-0.2, 0) is 28.6 Å². The number of hydrogen-bond donors (Lipinski definition) is 0. The van der Waals surface area contributed by atoms with E-state index in [9.17, 15) is 19.2 Å². The second-order valence-electron chi connectivity index (χ2n) is 9.17. The van der Waals surface area contributed by atoms with E-state index in [0.717, 1.165) is 12.8 Å². The lowest BCUT2D eigenvalue weighted by atomic mass is 9.73. The van der Waals surface area contributed by atoms with Crippen LogP contribution in [0.4, 0.5) is 0 Å². The first kappa shape index (κ1) is 26.9. The minimum absolute atomic E-state index is 0.0000341. The number of aromatic nitrogens is 1. The molecule has 1 fully saturated rings. The molecule has 1 aliphatic carbocycles. The van der Waals surface area contributed by atoms with Crippen molar-refractivity contribution in [2.75, 3.05) is 19.8 Å². The summed E-state index contributed by atoms with van der Waals surface area (Å²) in [5, 5.41) is 0.183. The van der Waals surface area contributed by atoms with E-state index in [1.807, 2.05) is 0 Å². The third-order valence-electron chi connectivity index (χ3n) is 5.10. The predicted molar refractivity (Wildman–Crippen MR) is 121 cm³/mol. The van der Waals surface area contributed by atoms with E-state index in [1.54, 1.807) is 27.7 Å². The number of carbonyl (C=O) groups is 4. The molecule has 1 aromatic heterocycles. The summed E-state index contributed by atoms with van der Waals surface area (Å²) in [5.41, 5.74) is -3.15. The van der Waals surface area contributed by atoms with E-state index >= 15 is 0 Å². The highest BCUT2D eigenvalue weighted by Crippen LogP contribution is 2.35. The lowest BCUT2D eigenvalue weighted by Crippen LogP contribution is -2.51. The highest BCUT2D eigenvalue weighted by molar-refractivity contribution is 6.32. The van der Waals surface area contributed by atoms with Crippen molar-refractivity contribution in [2.24, 2.45) is 11.3 Å². The molecule has 33 heavy (non-hydrogen) atoms. The Balaban J connectivity index is 2.42. The van der Waals surface area contributed by atoms with Crippen molar-refractivity contribution in [1.82, 2.24) is 4.98 Å². The van der Waals surface area contributed by atoms with Crippen LogP contribution in [-0.4, -0.2) is 53.9 Å². The van der Waals surface area contributed by atoms with Crippen LogP contribution in [0, 0.1) is 11.3 Å². The maximum Gasteiger partial charge on any atom is 0.328 e. The fourth-order valence-corrected chi connectivity index (χ4v) is 3.47. The largest absolute Gasteiger partial charge is 0.466 e. The summed E-state index contributed by atoms with van der Waals surface area (Å²) in [6.45, 7) is 6.78. The number of Topliss-reactive ketones (excluding diaryl/α,β-unsaturated/α-hetero) is 2. The molecule has 1 atom stereocenters. The predicted octanol–water partition coefficient (Wildman–Crippen LogP) is 3.97. The van der Waals surface area contributed by atoms with E-state index < -0.39 is 41.1 Å². The molecule has 0 aromatic carbocycles. The van der Waals surface area contributed by atoms with Gasteiger partial charge < -0.3 is 14.2 Å². The Kier molecular flexibility index (Phi) is 9.55. The second kappa shape index (κ2) is 11.7. The fourth-order valence-electron chi connectivity index (χ4n) is 3.29. The molecule has 1 aromatic rings. The maximum absolute atomic E-state index is 13.7. The number of ether oxygens (including phenoxy) is 3. The third kappa shape index (κ3) is 7.89. The van der Waals surface area contributed by atoms with Crippen molar-refractivity contribution in [3.63, 3.8) is 0 Å². The summed E-state index contributed by atoms with van der Waals surface area (Å²) < 4.78 is 16.0. The SMILES string of the molecule is CCOC(=O)CCCC(C(=O)COCC1CC1)(C(=O)OC(C)(C)C)C(=O)c1cncc(Cl)c1. The van der Waals surface area contributed by atoms with Crippen molar-refractivity contribution in [3.05, 3.63) is 29.0 Å². The molecule has 2 rings (SSSR count). The molecule has 0 amide bonds. The Morgan fingerprint density at radius 1 is 1.15 bits per heavy atom. The van der Waals surface area contributed by atoms with Gasteiger partial charge in [-0.2, -0.15) is 0 Å². The summed E-state index contributed by atoms with van der Waals surface area (Å²) in [7, 11) is 0. The summed E-state index contributed by atoms with van der Waals surface area (Å²) in [5.74, 6) is -2.57. The molecule has 1 heterocycles. The zero-order valence-corrected chi connectivity index (χ0v) is 20.4. The van der Waals surface area contributed by atoms with Gasteiger partial charge in [0.2, 0.25) is 0 Å². The highest BCUT2D eigenvalue weighted by Gasteiger charge is 2.54. The number of hydrogen-bond acceptors (Lipinski definition) is 8. The van der Waals surface area contributed by atoms with Crippen LogP contribution in [0.1, 0.15) is 70.2 Å². The quantitative estimate of drug-likeness (QED) is 0.236. The van der Waals surface area contributed by atoms with Gasteiger partial charge in [0.1, 0.15) is 12.2 Å². The van der Waals surface area contributed by atoms with Crippen LogP contribution in [0.25, 0.3) is 0 Å². The number of rotatable bonds is 13. The lowest BCUT2D eigenvalue weighted by Gasteiger charge is -2.32. The summed E-state index contributed by atoms with van der Waals surface area (Å²) >= 11 is 6.01. The monoisotopic (exact) mass is 481 g/mol. The molecular weight excluding hydrogens is 450 g/mol. The number of ketones is 2. The van der Waals surface area contributed by atoms with Gasteiger partial charge in [-0.3, -0.25) is 24.2 Å². The van der Waals surface area contributed by atoms with Gasteiger partial charge in [-0.25, -0.2) is 0 Å². The number of pyridine rings is 1. The summed E-state index contributed by atoms with van der Waals surface area (Å²) in [4.78, 5) is 56.4. The fraction of sp³-hybridized carbons (Fsp3) is 0.625. The Hall–Kier alpha value is -2.32. The van der Waals surface area contributed by atoms with E-state index in [0.29, 0.717) is 12.5 Å². The molecule has 0 saturated heterocycles. The smallest absolute Gasteiger partial charge is 0.328 e. The zero-order chi connectivity index (χ0) is 24.6. The van der Waals surface area contributed by atoms with Crippen LogP contribution in [0.15, 0.2) is 18.5 Å². The number of halogens is 1. The van der Waals surface area contributed by atoms with Crippen molar-refractivity contribution in [3.8, 4) is 0 Å². The number of nitrogens with zero attached hydrogens (tertiary/aromatic N) is 1. The molecule has 182 valence electrons. The standard InChI is InChI=1S/C24H32ClNO7/c1-5-32-20(28)7-6-10-24(22(30)33-23(2,3)4,19(27)15-31-14-16-8-9-16)21(29)17-11-18(25)13-26-12-17/h11-13,16H,5-10,14-15H2,1-4H3. The minimum atomic E-state index is -2.20. The van der Waals surface area contributed by atoms with Crippen LogP contribution < -0.4 is 0 Å². The number of carbonyl (C=O) groups excluding carboxylic acids is 4. The Morgan fingerprint density at radius 2 is 1.85 bits per heavy atom. The third-order valence-corrected chi connectivity index (χ3v) is 5.31. The molecular formula is C24H32ClNO7. The lowest BCUT2D eigenvalue weighted by molar-refractivity contribution is -0.169. The van der Waals surface area contributed by atoms with Gasteiger partial charge in [-0.1, -0.05) is 11.6 Å². The Bertz CT molecular complexity index is 876. The average Bonchev–Trinajstić information content (AvgIpc) is 3.54. The summed E-state index contributed by atoms with van der Waals surface area (Å²) in [6, 6.07) is 1.35. The van der Waals surface area contributed by atoms with Gasteiger partial charge in [0.15, 0.2) is 17.0 Å². The molecule has 0 N–H and O–H groups in total. The van der Waals surface area contributed by atoms with Gasteiger partial charge in [0.25, 0.3) is 0 Å². The summed E-state index contributed by atoms with van der Waals surface area (Å²) in [6.07, 6.45) is 4.40. The molecule has 1 aliphatic rings. The first-order chi connectivity index (χ1) is 15.5. The second-order valence-corrected chi connectivity index (χ2v) is 9.60. The van der Waals surface area contributed by atoms with Gasteiger partial charge in [0.05, 0.1) is 11.6 Å². The molecule has 1 saturated carbocycles. The van der Waals surface area contributed by atoms with E-state index in [2.05, 4.69) is 4.98 Å². The molecule has 0 aliphatic heterocycles. The number of esters is 2. The first-order valence-electron chi connectivity index (χ1n) is 11.1. The topological polar surface area (TPSA) is 109 Å². The van der Waals surface area contributed by atoms with Crippen molar-refractivity contribution in [1.29, 1.82) is 0 Å². The zero-order valence-electron chi connectivity index (χ0n) is 19.6. The van der Waals surface area contributed by atoms with E-state index in [4.69, 9.17) is 25.8 Å². The highest BCUT2D eigenvalue weighted by atomic mass is 35.5. The van der Waals surface area contributed by atoms with Gasteiger partial charge in [-0.05, 0) is 65.4 Å². The molecule has 0 spiro atoms. The molecule has 9 heteroatoms. The van der Waals surface area contributed by atoms with Gasteiger partial charge in [0, 0.05) is 31.0 Å². The van der Waals surface area contributed by atoms with Crippen molar-refractivity contribution < 1.29 is 33.4 Å². The van der Waals surface area contributed by atoms with E-state index in [-0.39, 0.29) is 36.5 Å². The van der Waals surface area contributed by atoms with Crippen LogP contribution >= 0.6 is 11.6 Å². The van der Waals surface area contributed by atoms with Gasteiger partial charge >= 0.3 is 11.9 Å². The Labute approximate surface area is 199 Å². The molecule has 0 bridgehead atoms. The van der Waals surface area contributed by atoms with Gasteiger partial charge in [-0.15, -0.1) is 0 Å². The molecule has 0 radical (unpaired) electrons. The maximum atomic E-state index is 13.7. The van der Waals surface area contributed by atoms with Crippen molar-refractivity contribution in [2.45, 2.75) is 65.4 Å². The minimum Gasteiger partial charge on any atom is -0.466 e. The van der Waals surface area contributed by atoms with Crippen LogP contribution in [0.5, 0.6) is 0 Å². The van der Waals surface area contributed by atoms with Crippen molar-refractivity contribution >= 4 is 35.1 Å². The normalized spacial score (nSPS) is 15.4. The molecule has 1 unspecified atom stereocenters. The van der Waals surface area contributed by atoms with E-state index in [1.165, 1.54) is 18.5 Å². The first-order valence-corrected chi connectivity index (χ1v) is 11.5. The Morgan fingerprint density at radius 3 is 2.42 bits per heavy atom. The molecule has 8 nitrogen and oxygen atoms in total. The average molecular weight is 482 g/mol.